The molecule has 1 heterocycles. The molecule has 0 aliphatic carbocycles. The summed E-state index contributed by atoms with van der Waals surface area (Å²) in [6, 6.07) is -0.120. The van der Waals surface area contributed by atoms with Crippen molar-refractivity contribution in [2.24, 2.45) is 5.92 Å². The molecule has 0 spiro atoms. The number of rotatable bonds is 5. The minimum absolute atomic E-state index is 0.0620. The Bertz CT molecular complexity index is 294. The highest BCUT2D eigenvalue weighted by molar-refractivity contribution is 5.87. The van der Waals surface area contributed by atoms with E-state index in [4.69, 9.17) is 0 Å². The second-order valence-electron chi connectivity index (χ2n) is 5.07. The van der Waals surface area contributed by atoms with Gasteiger partial charge in [-0.1, -0.05) is 13.8 Å². The van der Waals surface area contributed by atoms with Crippen LogP contribution in [0.2, 0.25) is 0 Å². The standard InChI is InChI=1S/C13H25N3O2/c1-4-7-16(9-12(17)14-3)13(18)11-8-10(2)5-6-15-11/h10-11,15H,4-9H2,1-3H3,(H,14,17). The van der Waals surface area contributed by atoms with Crippen LogP contribution >= 0.6 is 0 Å². The lowest BCUT2D eigenvalue weighted by atomic mass is 9.93. The van der Waals surface area contributed by atoms with Gasteiger partial charge in [-0.25, -0.2) is 0 Å². The summed E-state index contributed by atoms with van der Waals surface area (Å²) in [5.41, 5.74) is 0. The first-order chi connectivity index (χ1) is 8.58. The van der Waals surface area contributed by atoms with E-state index in [1.54, 1.807) is 11.9 Å². The van der Waals surface area contributed by atoms with E-state index < -0.39 is 0 Å². The van der Waals surface area contributed by atoms with Gasteiger partial charge in [0, 0.05) is 13.6 Å². The molecule has 5 nitrogen and oxygen atoms in total. The molecule has 2 atom stereocenters. The summed E-state index contributed by atoms with van der Waals surface area (Å²) in [6.07, 6.45) is 2.85. The van der Waals surface area contributed by atoms with E-state index in [1.807, 2.05) is 6.92 Å². The van der Waals surface area contributed by atoms with Crippen molar-refractivity contribution >= 4 is 11.8 Å². The van der Waals surface area contributed by atoms with Crippen molar-refractivity contribution in [2.45, 2.75) is 39.2 Å². The lowest BCUT2D eigenvalue weighted by Crippen LogP contribution is -2.52. The van der Waals surface area contributed by atoms with Crippen LogP contribution < -0.4 is 10.6 Å². The van der Waals surface area contributed by atoms with Crippen LogP contribution in [-0.4, -0.2) is 49.4 Å². The molecular weight excluding hydrogens is 230 g/mol. The van der Waals surface area contributed by atoms with Crippen molar-refractivity contribution < 1.29 is 9.59 Å². The molecule has 0 saturated carbocycles. The summed E-state index contributed by atoms with van der Waals surface area (Å²) in [4.78, 5) is 25.5. The minimum Gasteiger partial charge on any atom is -0.358 e. The molecule has 1 aliphatic heterocycles. The van der Waals surface area contributed by atoms with Crippen LogP contribution in [0.1, 0.15) is 33.1 Å². The lowest BCUT2D eigenvalue weighted by molar-refractivity contribution is -0.138. The van der Waals surface area contributed by atoms with Crippen molar-refractivity contribution in [3.63, 3.8) is 0 Å². The Kier molecular flexibility index (Phi) is 6.12. The number of hydrogen-bond donors (Lipinski definition) is 2. The Morgan fingerprint density at radius 1 is 1.44 bits per heavy atom. The molecule has 2 unspecified atom stereocenters. The van der Waals surface area contributed by atoms with Crippen LogP contribution in [0.25, 0.3) is 0 Å². The molecule has 5 heteroatoms. The van der Waals surface area contributed by atoms with Gasteiger partial charge in [-0.3, -0.25) is 9.59 Å². The number of carbonyl (C=O) groups excluding carboxylic acids is 2. The molecule has 1 rings (SSSR count). The van der Waals surface area contributed by atoms with Crippen molar-refractivity contribution in [2.75, 3.05) is 26.7 Å². The largest absolute Gasteiger partial charge is 0.358 e. The molecule has 1 fully saturated rings. The van der Waals surface area contributed by atoms with E-state index in [9.17, 15) is 9.59 Å². The molecule has 1 aliphatic rings. The molecule has 2 N–H and O–H groups in total. The summed E-state index contributed by atoms with van der Waals surface area (Å²) in [5, 5.41) is 5.82. The summed E-state index contributed by atoms with van der Waals surface area (Å²) in [7, 11) is 1.60. The number of nitrogens with one attached hydrogen (secondary N) is 2. The smallest absolute Gasteiger partial charge is 0.240 e. The number of piperidine rings is 1. The molecule has 0 bridgehead atoms. The molecule has 0 aromatic rings. The summed E-state index contributed by atoms with van der Waals surface area (Å²) in [5.74, 6) is 0.524. The average Bonchev–Trinajstić information content (AvgIpc) is 2.37. The van der Waals surface area contributed by atoms with Crippen LogP contribution in [0.3, 0.4) is 0 Å². The molecular formula is C13H25N3O2. The van der Waals surface area contributed by atoms with Crippen molar-refractivity contribution in [3.8, 4) is 0 Å². The summed E-state index contributed by atoms with van der Waals surface area (Å²) in [6.45, 7) is 5.87. The Hall–Kier alpha value is -1.10. The molecule has 0 radical (unpaired) electrons. The third-order valence-electron chi connectivity index (χ3n) is 3.38. The minimum atomic E-state index is -0.120. The Balaban J connectivity index is 2.60. The van der Waals surface area contributed by atoms with Crippen molar-refractivity contribution in [1.29, 1.82) is 0 Å². The number of hydrogen-bond acceptors (Lipinski definition) is 3. The predicted molar refractivity (Wildman–Crippen MR) is 71.1 cm³/mol. The molecule has 18 heavy (non-hydrogen) atoms. The second-order valence-corrected chi connectivity index (χ2v) is 5.07. The zero-order valence-electron chi connectivity index (χ0n) is 11.7. The topological polar surface area (TPSA) is 61.4 Å². The van der Waals surface area contributed by atoms with Crippen LogP contribution in [0, 0.1) is 5.92 Å². The highest BCUT2D eigenvalue weighted by atomic mass is 16.2. The van der Waals surface area contributed by atoms with E-state index in [1.165, 1.54) is 0 Å². The second kappa shape index (κ2) is 7.36. The average molecular weight is 255 g/mol. The van der Waals surface area contributed by atoms with E-state index in [-0.39, 0.29) is 24.4 Å². The fraction of sp³-hybridized carbons (Fsp3) is 0.846. The number of carbonyl (C=O) groups is 2. The maximum absolute atomic E-state index is 12.4. The first-order valence-corrected chi connectivity index (χ1v) is 6.81. The normalized spacial score (nSPS) is 23.5. The maximum atomic E-state index is 12.4. The van der Waals surface area contributed by atoms with E-state index in [2.05, 4.69) is 17.6 Å². The highest BCUT2D eigenvalue weighted by Gasteiger charge is 2.28. The van der Waals surface area contributed by atoms with E-state index in [0.29, 0.717) is 12.5 Å². The zero-order chi connectivity index (χ0) is 13.5. The SMILES string of the molecule is CCCN(CC(=O)NC)C(=O)C1CC(C)CCN1. The maximum Gasteiger partial charge on any atom is 0.240 e. The number of likely N-dealkylation sites (N-methyl/N-ethyl adjacent to an activating group) is 1. The van der Waals surface area contributed by atoms with Crippen molar-refractivity contribution in [3.05, 3.63) is 0 Å². The monoisotopic (exact) mass is 255 g/mol. The molecule has 104 valence electrons. The Morgan fingerprint density at radius 3 is 2.72 bits per heavy atom. The highest BCUT2D eigenvalue weighted by Crippen LogP contribution is 2.16. The number of amides is 2. The third kappa shape index (κ3) is 4.29. The summed E-state index contributed by atoms with van der Waals surface area (Å²) >= 11 is 0. The van der Waals surface area contributed by atoms with Gasteiger partial charge in [-0.15, -0.1) is 0 Å². The van der Waals surface area contributed by atoms with E-state index in [0.717, 1.165) is 25.8 Å². The lowest BCUT2D eigenvalue weighted by Gasteiger charge is -2.32. The zero-order valence-corrected chi connectivity index (χ0v) is 11.7. The van der Waals surface area contributed by atoms with Gasteiger partial charge in [-0.2, -0.15) is 0 Å². The van der Waals surface area contributed by atoms with E-state index >= 15 is 0 Å². The quantitative estimate of drug-likeness (QED) is 0.745. The predicted octanol–water partition coefficient (Wildman–Crippen LogP) is 0.359. The summed E-state index contributed by atoms with van der Waals surface area (Å²) < 4.78 is 0. The van der Waals surface area contributed by atoms with Gasteiger partial charge in [0.05, 0.1) is 12.6 Å². The van der Waals surface area contributed by atoms with Crippen molar-refractivity contribution in [1.82, 2.24) is 15.5 Å². The van der Waals surface area contributed by atoms with Gasteiger partial charge in [0.25, 0.3) is 0 Å². The third-order valence-corrected chi connectivity index (χ3v) is 3.38. The Labute approximate surface area is 109 Å². The number of nitrogens with zero attached hydrogens (tertiary/aromatic N) is 1. The van der Waals surface area contributed by atoms with Crippen LogP contribution in [0.4, 0.5) is 0 Å². The van der Waals surface area contributed by atoms with Gasteiger partial charge in [0.15, 0.2) is 0 Å². The van der Waals surface area contributed by atoms with Gasteiger partial charge >= 0.3 is 0 Å². The fourth-order valence-electron chi connectivity index (χ4n) is 2.31. The van der Waals surface area contributed by atoms with Gasteiger partial charge in [-0.05, 0) is 31.7 Å². The molecule has 2 amide bonds. The first-order valence-electron chi connectivity index (χ1n) is 6.81. The van der Waals surface area contributed by atoms with Gasteiger partial charge in [0.1, 0.15) is 0 Å². The molecule has 1 saturated heterocycles. The fourth-order valence-corrected chi connectivity index (χ4v) is 2.31. The van der Waals surface area contributed by atoms with Gasteiger partial charge < -0.3 is 15.5 Å². The van der Waals surface area contributed by atoms with Crippen LogP contribution in [-0.2, 0) is 9.59 Å². The molecule has 0 aromatic heterocycles. The molecule has 0 aromatic carbocycles. The first kappa shape index (κ1) is 15.0. The van der Waals surface area contributed by atoms with Crippen LogP contribution in [0.5, 0.6) is 0 Å². The Morgan fingerprint density at radius 2 is 2.17 bits per heavy atom. The van der Waals surface area contributed by atoms with Gasteiger partial charge in [0.2, 0.25) is 11.8 Å². The van der Waals surface area contributed by atoms with Crippen LogP contribution in [0.15, 0.2) is 0 Å².